The Bertz CT molecular complexity index is 427. The fourth-order valence-electron chi connectivity index (χ4n) is 3.16. The molecule has 2 N–H and O–H groups in total. The van der Waals surface area contributed by atoms with Crippen molar-refractivity contribution in [1.29, 1.82) is 0 Å². The van der Waals surface area contributed by atoms with Crippen LogP contribution in [0, 0.1) is 11.8 Å². The van der Waals surface area contributed by atoms with Crippen LogP contribution in [0.25, 0.3) is 0 Å². The number of amides is 2. The van der Waals surface area contributed by atoms with Crippen LogP contribution < -0.4 is 5.73 Å². The lowest BCUT2D eigenvalue weighted by Gasteiger charge is -2.25. The zero-order valence-corrected chi connectivity index (χ0v) is 11.9. The van der Waals surface area contributed by atoms with Gasteiger partial charge in [0.05, 0.1) is 5.92 Å². The summed E-state index contributed by atoms with van der Waals surface area (Å²) in [6.07, 6.45) is -3.76. The Balaban J connectivity index is 1.97. The molecule has 8 heteroatoms. The molecule has 0 spiro atoms. The lowest BCUT2D eigenvalue weighted by molar-refractivity contribution is -0.157. The first-order valence-corrected chi connectivity index (χ1v) is 7.06. The Morgan fingerprint density at radius 2 is 2.05 bits per heavy atom. The molecule has 2 saturated heterocycles. The summed E-state index contributed by atoms with van der Waals surface area (Å²) in [7, 11) is 0. The molecule has 2 fully saturated rings. The number of halogens is 3. The number of alkyl halides is 3. The van der Waals surface area contributed by atoms with Gasteiger partial charge in [0, 0.05) is 25.6 Å². The minimum absolute atomic E-state index is 0.0258. The number of likely N-dealkylation sites (tertiary alicyclic amines) is 2. The molecular formula is C13H20F3N3O2. The maximum Gasteiger partial charge on any atom is 0.406 e. The zero-order chi connectivity index (χ0) is 15.8. The van der Waals surface area contributed by atoms with Crippen molar-refractivity contribution in [2.24, 2.45) is 17.6 Å². The molecule has 0 aromatic carbocycles. The first-order chi connectivity index (χ1) is 9.71. The molecule has 3 atom stereocenters. The maximum atomic E-state index is 12.4. The molecule has 21 heavy (non-hydrogen) atoms. The monoisotopic (exact) mass is 307 g/mol. The first-order valence-electron chi connectivity index (χ1n) is 7.06. The summed E-state index contributed by atoms with van der Waals surface area (Å²) < 4.78 is 37.1. The van der Waals surface area contributed by atoms with E-state index < -0.39 is 24.5 Å². The van der Waals surface area contributed by atoms with Crippen molar-refractivity contribution in [1.82, 2.24) is 9.80 Å². The standard InChI is InChI=1S/C13H20F3N3O2/c1-8-2-9(4-17)5-19(8)12(21)10-3-11(20)18(6-10)7-13(14,15)16/h8-10H,2-7,17H2,1H3. The van der Waals surface area contributed by atoms with Crippen molar-refractivity contribution < 1.29 is 22.8 Å². The highest BCUT2D eigenvalue weighted by Gasteiger charge is 2.43. The molecule has 3 unspecified atom stereocenters. The smallest absolute Gasteiger partial charge is 0.339 e. The predicted octanol–water partition coefficient (Wildman–Crippen LogP) is 0.593. The second kappa shape index (κ2) is 5.82. The summed E-state index contributed by atoms with van der Waals surface area (Å²) in [5, 5.41) is 0. The highest BCUT2D eigenvalue weighted by molar-refractivity contribution is 5.89. The molecule has 0 radical (unpaired) electrons. The molecule has 2 aliphatic heterocycles. The van der Waals surface area contributed by atoms with Crippen LogP contribution in [-0.4, -0.2) is 60.0 Å². The van der Waals surface area contributed by atoms with Gasteiger partial charge in [-0.25, -0.2) is 0 Å². The minimum Gasteiger partial charge on any atom is -0.339 e. The van der Waals surface area contributed by atoms with E-state index in [1.54, 1.807) is 4.90 Å². The molecule has 2 aliphatic rings. The number of hydrogen-bond donors (Lipinski definition) is 1. The van der Waals surface area contributed by atoms with E-state index in [1.165, 1.54) is 0 Å². The molecule has 0 saturated carbocycles. The van der Waals surface area contributed by atoms with Crippen LogP contribution >= 0.6 is 0 Å². The van der Waals surface area contributed by atoms with E-state index in [9.17, 15) is 22.8 Å². The van der Waals surface area contributed by atoms with Crippen molar-refractivity contribution in [3.8, 4) is 0 Å². The summed E-state index contributed by atoms with van der Waals surface area (Å²) in [4.78, 5) is 26.4. The van der Waals surface area contributed by atoms with Crippen molar-refractivity contribution in [2.75, 3.05) is 26.2 Å². The molecule has 0 aromatic rings. The van der Waals surface area contributed by atoms with Gasteiger partial charge in [0.25, 0.3) is 0 Å². The summed E-state index contributed by atoms with van der Waals surface area (Å²) in [5.74, 6) is -1.27. The topological polar surface area (TPSA) is 66.6 Å². The lowest BCUT2D eigenvalue weighted by atomic mass is 10.1. The Morgan fingerprint density at radius 3 is 2.57 bits per heavy atom. The van der Waals surface area contributed by atoms with Crippen molar-refractivity contribution in [3.05, 3.63) is 0 Å². The van der Waals surface area contributed by atoms with Crippen molar-refractivity contribution in [2.45, 2.75) is 32.0 Å². The summed E-state index contributed by atoms with van der Waals surface area (Å²) >= 11 is 0. The van der Waals surface area contributed by atoms with E-state index in [0.29, 0.717) is 13.1 Å². The second-order valence-corrected chi connectivity index (χ2v) is 5.97. The number of nitrogens with two attached hydrogens (primary N) is 1. The van der Waals surface area contributed by atoms with Gasteiger partial charge >= 0.3 is 6.18 Å². The average Bonchev–Trinajstić information content (AvgIpc) is 2.91. The van der Waals surface area contributed by atoms with Crippen molar-refractivity contribution in [3.63, 3.8) is 0 Å². The van der Waals surface area contributed by atoms with Gasteiger partial charge in [-0.15, -0.1) is 0 Å². The molecule has 2 heterocycles. The summed E-state index contributed by atoms with van der Waals surface area (Å²) in [5.41, 5.74) is 5.60. The van der Waals surface area contributed by atoms with Crippen LogP contribution in [-0.2, 0) is 9.59 Å². The average molecular weight is 307 g/mol. The maximum absolute atomic E-state index is 12.4. The van der Waals surface area contributed by atoms with E-state index in [4.69, 9.17) is 5.73 Å². The predicted molar refractivity (Wildman–Crippen MR) is 69.1 cm³/mol. The Morgan fingerprint density at radius 1 is 1.38 bits per heavy atom. The third kappa shape index (κ3) is 3.66. The van der Waals surface area contributed by atoms with Gasteiger partial charge in [-0.2, -0.15) is 13.2 Å². The van der Waals surface area contributed by atoms with Gasteiger partial charge in [0.1, 0.15) is 6.54 Å². The number of carbonyl (C=O) groups excluding carboxylic acids is 2. The van der Waals surface area contributed by atoms with Gasteiger partial charge in [-0.05, 0) is 25.8 Å². The number of nitrogens with zero attached hydrogens (tertiary/aromatic N) is 2. The zero-order valence-electron chi connectivity index (χ0n) is 11.9. The molecular weight excluding hydrogens is 287 g/mol. The summed E-state index contributed by atoms with van der Waals surface area (Å²) in [6, 6.07) is 0.0258. The Labute approximate surface area is 121 Å². The number of hydrogen-bond acceptors (Lipinski definition) is 3. The number of carbonyl (C=O) groups is 2. The highest BCUT2D eigenvalue weighted by atomic mass is 19.4. The van der Waals surface area contributed by atoms with Crippen LogP contribution in [0.2, 0.25) is 0 Å². The minimum atomic E-state index is -4.43. The van der Waals surface area contributed by atoms with Crippen LogP contribution in [0.3, 0.4) is 0 Å². The van der Waals surface area contributed by atoms with Gasteiger partial charge in [0.2, 0.25) is 11.8 Å². The van der Waals surface area contributed by atoms with Gasteiger partial charge in [0.15, 0.2) is 0 Å². The first kappa shape index (κ1) is 16.1. The second-order valence-electron chi connectivity index (χ2n) is 5.97. The molecule has 2 amide bonds. The largest absolute Gasteiger partial charge is 0.406 e. The fourth-order valence-corrected chi connectivity index (χ4v) is 3.16. The van der Waals surface area contributed by atoms with Crippen LogP contribution in [0.1, 0.15) is 19.8 Å². The van der Waals surface area contributed by atoms with Gasteiger partial charge in [-0.1, -0.05) is 0 Å². The van der Waals surface area contributed by atoms with Crippen LogP contribution in [0.15, 0.2) is 0 Å². The number of rotatable bonds is 3. The van der Waals surface area contributed by atoms with Crippen LogP contribution in [0.4, 0.5) is 13.2 Å². The molecule has 2 rings (SSSR count). The quantitative estimate of drug-likeness (QED) is 0.830. The van der Waals surface area contributed by atoms with Crippen LogP contribution in [0.5, 0.6) is 0 Å². The Hall–Kier alpha value is -1.31. The van der Waals surface area contributed by atoms with E-state index in [2.05, 4.69) is 0 Å². The molecule has 5 nitrogen and oxygen atoms in total. The lowest BCUT2D eigenvalue weighted by Crippen LogP contribution is -2.40. The van der Waals surface area contributed by atoms with Gasteiger partial charge < -0.3 is 15.5 Å². The normalized spacial score (nSPS) is 30.3. The van der Waals surface area contributed by atoms with Gasteiger partial charge in [-0.3, -0.25) is 9.59 Å². The van der Waals surface area contributed by atoms with E-state index >= 15 is 0 Å². The van der Waals surface area contributed by atoms with E-state index in [1.807, 2.05) is 6.92 Å². The van der Waals surface area contributed by atoms with E-state index in [0.717, 1.165) is 11.3 Å². The third-order valence-corrected chi connectivity index (χ3v) is 4.21. The highest BCUT2D eigenvalue weighted by Crippen LogP contribution is 2.29. The molecule has 0 aliphatic carbocycles. The summed E-state index contributed by atoms with van der Waals surface area (Å²) in [6.45, 7) is 1.49. The SMILES string of the molecule is CC1CC(CN)CN1C(=O)C1CC(=O)N(CC(F)(F)F)C1. The third-order valence-electron chi connectivity index (χ3n) is 4.21. The van der Waals surface area contributed by atoms with E-state index in [-0.39, 0.29) is 30.8 Å². The molecule has 0 aromatic heterocycles. The Kier molecular flexibility index (Phi) is 4.46. The fraction of sp³-hybridized carbons (Fsp3) is 0.846. The molecule has 120 valence electrons. The van der Waals surface area contributed by atoms with Crippen molar-refractivity contribution >= 4 is 11.8 Å². The molecule has 0 bridgehead atoms.